The van der Waals surface area contributed by atoms with Crippen LogP contribution in [0.15, 0.2) is 16.9 Å². The van der Waals surface area contributed by atoms with E-state index < -0.39 is 0 Å². The molecule has 0 aromatic carbocycles. The summed E-state index contributed by atoms with van der Waals surface area (Å²) >= 11 is 0. The second kappa shape index (κ2) is 1.55. The molecule has 35 valence electrons. The number of carbonyl (C=O) groups is 1. The van der Waals surface area contributed by atoms with Crippen molar-refractivity contribution in [2.24, 2.45) is 5.10 Å². The predicted molar refractivity (Wildman–Crippen MR) is 24.8 cm³/mol. The van der Waals surface area contributed by atoms with E-state index in [1.807, 2.05) is 0 Å². The lowest BCUT2D eigenvalue weighted by Gasteiger charge is -1.77. The van der Waals surface area contributed by atoms with Crippen molar-refractivity contribution in [3.63, 3.8) is 0 Å². The minimum atomic E-state index is 0.389. The highest BCUT2D eigenvalue weighted by Gasteiger charge is 1.95. The molecule has 0 amide bonds. The standard InChI is InChI=1S/C4H3N2O/c7-3-4-1-2-5-6-4/h1-3H. The minimum absolute atomic E-state index is 0.389. The third-order valence-electron chi connectivity index (χ3n) is 0.606. The molecule has 0 saturated carbocycles. The Kier molecular flexibility index (Phi) is 0.898. The Bertz CT molecular complexity index is 137. The van der Waals surface area contributed by atoms with Gasteiger partial charge in [0.1, 0.15) is 5.70 Å². The van der Waals surface area contributed by atoms with Crippen molar-refractivity contribution in [2.75, 3.05) is 0 Å². The second-order valence-electron chi connectivity index (χ2n) is 1.07. The number of rotatable bonds is 1. The quantitative estimate of drug-likeness (QED) is 0.411. The van der Waals surface area contributed by atoms with Crippen molar-refractivity contribution >= 4 is 12.5 Å². The number of carbonyl (C=O) groups excluding carboxylic acids is 1. The van der Waals surface area contributed by atoms with Crippen molar-refractivity contribution < 1.29 is 4.79 Å². The molecule has 3 nitrogen and oxygen atoms in total. The molecule has 1 aliphatic rings. The maximum atomic E-state index is 9.77. The first kappa shape index (κ1) is 4.05. The topological polar surface area (TPSA) is 43.5 Å². The van der Waals surface area contributed by atoms with Gasteiger partial charge >= 0.3 is 0 Å². The lowest BCUT2D eigenvalue weighted by atomic mass is 10.5. The van der Waals surface area contributed by atoms with Gasteiger partial charge in [-0.15, -0.1) is 5.43 Å². The Morgan fingerprint density at radius 1 is 1.71 bits per heavy atom. The molecule has 1 heterocycles. The largest absolute Gasteiger partial charge is 0.296 e. The third-order valence-corrected chi connectivity index (χ3v) is 0.606. The van der Waals surface area contributed by atoms with Gasteiger partial charge in [-0.1, -0.05) is 0 Å². The van der Waals surface area contributed by atoms with Gasteiger partial charge in [0.15, 0.2) is 6.29 Å². The number of hydrogen-bond acceptors (Lipinski definition) is 2. The van der Waals surface area contributed by atoms with Crippen molar-refractivity contribution in [3.8, 4) is 0 Å². The van der Waals surface area contributed by atoms with Gasteiger partial charge in [0.25, 0.3) is 0 Å². The van der Waals surface area contributed by atoms with Crippen LogP contribution < -0.4 is 5.43 Å². The normalized spacial score (nSPS) is 15.7. The fourth-order valence-corrected chi connectivity index (χ4v) is 0.306. The summed E-state index contributed by atoms with van der Waals surface area (Å²) in [6.45, 7) is 0. The van der Waals surface area contributed by atoms with E-state index in [4.69, 9.17) is 0 Å². The highest BCUT2D eigenvalue weighted by Crippen LogP contribution is 1.88. The molecule has 0 bridgehead atoms. The summed E-state index contributed by atoms with van der Waals surface area (Å²) in [5.74, 6) is 0. The van der Waals surface area contributed by atoms with Crippen LogP contribution in [-0.2, 0) is 4.79 Å². The fourth-order valence-electron chi connectivity index (χ4n) is 0.306. The Labute approximate surface area is 40.7 Å². The lowest BCUT2D eigenvalue weighted by molar-refractivity contribution is -0.105. The predicted octanol–water partition coefficient (Wildman–Crippen LogP) is -0.327. The molecule has 0 N–H and O–H groups in total. The molecular weight excluding hydrogens is 92.1 g/mol. The van der Waals surface area contributed by atoms with Gasteiger partial charge in [-0.25, -0.2) is 0 Å². The molecule has 7 heavy (non-hydrogen) atoms. The van der Waals surface area contributed by atoms with E-state index >= 15 is 0 Å². The summed E-state index contributed by atoms with van der Waals surface area (Å²) in [6.07, 6.45) is 3.68. The van der Waals surface area contributed by atoms with E-state index in [0.29, 0.717) is 12.0 Å². The molecule has 3 heteroatoms. The first-order valence-corrected chi connectivity index (χ1v) is 1.83. The molecule has 0 aromatic heterocycles. The van der Waals surface area contributed by atoms with Crippen LogP contribution in [0.5, 0.6) is 0 Å². The second-order valence-corrected chi connectivity index (χ2v) is 1.07. The van der Waals surface area contributed by atoms with E-state index in [-0.39, 0.29) is 0 Å². The van der Waals surface area contributed by atoms with Crippen molar-refractivity contribution in [3.05, 3.63) is 11.8 Å². The molecule has 1 aliphatic heterocycles. The molecular formula is C4H3N2O. The fraction of sp³-hybridized carbons (Fsp3) is 0. The van der Waals surface area contributed by atoms with Crippen LogP contribution >= 0.6 is 0 Å². The molecule has 1 rings (SSSR count). The maximum Gasteiger partial charge on any atom is 0.170 e. The van der Waals surface area contributed by atoms with E-state index in [2.05, 4.69) is 10.5 Å². The molecule has 0 aliphatic carbocycles. The van der Waals surface area contributed by atoms with Crippen molar-refractivity contribution in [1.29, 1.82) is 0 Å². The van der Waals surface area contributed by atoms with Gasteiger partial charge in [0, 0.05) is 0 Å². The lowest BCUT2D eigenvalue weighted by Crippen LogP contribution is -1.90. The molecule has 0 aromatic rings. The molecule has 0 spiro atoms. The van der Waals surface area contributed by atoms with E-state index in [9.17, 15) is 4.79 Å². The summed E-state index contributed by atoms with van der Waals surface area (Å²) in [7, 11) is 0. The minimum Gasteiger partial charge on any atom is -0.296 e. The monoisotopic (exact) mass is 95.0 g/mol. The number of allylic oxidation sites excluding steroid dienone is 2. The smallest absolute Gasteiger partial charge is 0.170 e. The van der Waals surface area contributed by atoms with E-state index in [1.165, 1.54) is 6.21 Å². The van der Waals surface area contributed by atoms with Crippen molar-refractivity contribution in [2.45, 2.75) is 0 Å². The van der Waals surface area contributed by atoms with Crippen LogP contribution in [0.2, 0.25) is 0 Å². The molecule has 1 radical (unpaired) electrons. The Hall–Kier alpha value is -1.12. The third kappa shape index (κ3) is 0.652. The van der Waals surface area contributed by atoms with Crippen LogP contribution in [-0.4, -0.2) is 12.5 Å². The van der Waals surface area contributed by atoms with Gasteiger partial charge in [-0.3, -0.25) is 4.79 Å². The highest BCUT2D eigenvalue weighted by atomic mass is 16.1. The summed E-state index contributed by atoms with van der Waals surface area (Å²) in [5, 5.41) is 3.41. The zero-order valence-corrected chi connectivity index (χ0v) is 3.53. The van der Waals surface area contributed by atoms with Gasteiger partial charge in [0.05, 0.1) is 6.21 Å². The first-order valence-electron chi connectivity index (χ1n) is 1.83. The van der Waals surface area contributed by atoms with Crippen LogP contribution in [0.3, 0.4) is 0 Å². The number of aldehydes is 1. The van der Waals surface area contributed by atoms with E-state index in [1.54, 1.807) is 6.08 Å². The number of nitrogens with zero attached hydrogens (tertiary/aromatic N) is 2. The summed E-state index contributed by atoms with van der Waals surface area (Å²) in [5.41, 5.74) is 3.81. The number of hydrogen-bond donors (Lipinski definition) is 0. The van der Waals surface area contributed by atoms with Crippen LogP contribution in [0.4, 0.5) is 0 Å². The maximum absolute atomic E-state index is 9.77. The Morgan fingerprint density at radius 3 is 2.86 bits per heavy atom. The van der Waals surface area contributed by atoms with Crippen LogP contribution in [0, 0.1) is 0 Å². The average Bonchev–Trinajstić information content (AvgIpc) is 2.14. The average molecular weight is 95.1 g/mol. The van der Waals surface area contributed by atoms with Crippen molar-refractivity contribution in [1.82, 2.24) is 5.43 Å². The Morgan fingerprint density at radius 2 is 2.57 bits per heavy atom. The van der Waals surface area contributed by atoms with E-state index in [0.717, 1.165) is 0 Å². The molecule has 0 saturated heterocycles. The first-order chi connectivity index (χ1) is 3.43. The Balaban J connectivity index is 2.61. The summed E-state index contributed by atoms with van der Waals surface area (Å²) in [6, 6.07) is 0. The van der Waals surface area contributed by atoms with Crippen LogP contribution in [0.1, 0.15) is 0 Å². The highest BCUT2D eigenvalue weighted by molar-refractivity contribution is 5.85. The molecule has 0 atom stereocenters. The van der Waals surface area contributed by atoms with Gasteiger partial charge in [-0.05, 0) is 6.08 Å². The summed E-state index contributed by atoms with van der Waals surface area (Å²) < 4.78 is 0. The SMILES string of the molecule is O=CC1=CC=N[N]1. The summed E-state index contributed by atoms with van der Waals surface area (Å²) in [4.78, 5) is 9.77. The van der Waals surface area contributed by atoms with Gasteiger partial charge < -0.3 is 0 Å². The van der Waals surface area contributed by atoms with Gasteiger partial charge in [0.2, 0.25) is 0 Å². The van der Waals surface area contributed by atoms with Crippen LogP contribution in [0.25, 0.3) is 0 Å². The molecule has 0 unspecified atom stereocenters. The molecule has 0 fully saturated rings. The zero-order valence-electron chi connectivity index (χ0n) is 3.53. The zero-order chi connectivity index (χ0) is 5.11. The van der Waals surface area contributed by atoms with Gasteiger partial charge in [-0.2, -0.15) is 5.10 Å².